The van der Waals surface area contributed by atoms with Crippen LogP contribution < -0.4 is 21.1 Å². The molecule has 0 aromatic heterocycles. The summed E-state index contributed by atoms with van der Waals surface area (Å²) < 4.78 is 28.2. The first-order chi connectivity index (χ1) is 17.1. The van der Waals surface area contributed by atoms with Crippen molar-refractivity contribution in [2.75, 3.05) is 16.2 Å². The van der Waals surface area contributed by atoms with Crippen molar-refractivity contribution in [3.63, 3.8) is 0 Å². The van der Waals surface area contributed by atoms with Gasteiger partial charge in [0, 0.05) is 35.5 Å². The van der Waals surface area contributed by atoms with Gasteiger partial charge in [0.05, 0.1) is 4.90 Å². The van der Waals surface area contributed by atoms with Crippen molar-refractivity contribution in [2.24, 2.45) is 11.5 Å². The topological polar surface area (TPSA) is 159 Å². The Morgan fingerprint density at radius 3 is 2.42 bits per heavy atom. The van der Waals surface area contributed by atoms with E-state index in [9.17, 15) is 18.0 Å². The molecule has 6 N–H and O–H groups in total. The Hall–Kier alpha value is -4.18. The van der Waals surface area contributed by atoms with Crippen molar-refractivity contribution in [1.82, 2.24) is 0 Å². The molecule has 0 unspecified atom stereocenters. The molecular formula is C26H27N5O4S. The Morgan fingerprint density at radius 1 is 0.972 bits per heavy atom. The van der Waals surface area contributed by atoms with Crippen molar-refractivity contribution >= 4 is 39.0 Å². The maximum Gasteiger partial charge on any atom is 0.261 e. The highest BCUT2D eigenvalue weighted by Gasteiger charge is 2.24. The van der Waals surface area contributed by atoms with Gasteiger partial charge in [-0.25, -0.2) is 8.42 Å². The minimum atomic E-state index is -3.93. The number of nitrogens with one attached hydrogen (secondary N) is 2. The number of benzene rings is 3. The van der Waals surface area contributed by atoms with E-state index in [0.717, 1.165) is 29.7 Å². The van der Waals surface area contributed by atoms with Crippen molar-refractivity contribution in [2.45, 2.75) is 30.6 Å². The number of sulfonamides is 1. The van der Waals surface area contributed by atoms with Gasteiger partial charge in [-0.05, 0) is 66.8 Å². The predicted octanol–water partition coefficient (Wildman–Crippen LogP) is 2.78. The van der Waals surface area contributed by atoms with Gasteiger partial charge in [-0.1, -0.05) is 30.3 Å². The largest absolute Gasteiger partial charge is 0.384 e. The molecule has 0 fully saturated rings. The van der Waals surface area contributed by atoms with Gasteiger partial charge in [-0.2, -0.15) is 0 Å². The monoisotopic (exact) mass is 505 g/mol. The van der Waals surface area contributed by atoms with Crippen LogP contribution in [0.15, 0.2) is 71.6 Å². The fourth-order valence-electron chi connectivity index (χ4n) is 4.19. The van der Waals surface area contributed by atoms with Crippen molar-refractivity contribution in [1.29, 1.82) is 5.41 Å². The molecule has 186 valence electrons. The van der Waals surface area contributed by atoms with Gasteiger partial charge in [-0.15, -0.1) is 0 Å². The molecule has 10 heteroatoms. The quantitative estimate of drug-likeness (QED) is 0.273. The van der Waals surface area contributed by atoms with E-state index in [-0.39, 0.29) is 22.2 Å². The number of primary amides is 1. The Morgan fingerprint density at radius 2 is 1.72 bits per heavy atom. The van der Waals surface area contributed by atoms with Crippen LogP contribution >= 0.6 is 0 Å². The summed E-state index contributed by atoms with van der Waals surface area (Å²) in [4.78, 5) is 26.1. The second-order valence-corrected chi connectivity index (χ2v) is 10.3. The lowest BCUT2D eigenvalue weighted by atomic mass is 10.00. The molecule has 36 heavy (non-hydrogen) atoms. The Balaban J connectivity index is 1.46. The minimum Gasteiger partial charge on any atom is -0.384 e. The zero-order chi connectivity index (χ0) is 25.9. The molecule has 0 radical (unpaired) electrons. The molecule has 0 spiro atoms. The van der Waals surface area contributed by atoms with Gasteiger partial charge in [0.2, 0.25) is 11.8 Å². The normalized spacial score (nSPS) is 13.1. The summed E-state index contributed by atoms with van der Waals surface area (Å²) in [6.07, 6.45) is 2.37. The number of nitrogens with two attached hydrogens (primary N) is 2. The second kappa shape index (κ2) is 10.2. The van der Waals surface area contributed by atoms with E-state index in [1.165, 1.54) is 24.3 Å². The van der Waals surface area contributed by atoms with E-state index in [4.69, 9.17) is 16.9 Å². The van der Waals surface area contributed by atoms with Crippen molar-refractivity contribution in [3.05, 3.63) is 89.0 Å². The van der Waals surface area contributed by atoms with Crippen LogP contribution in [0.3, 0.4) is 0 Å². The third-order valence-corrected chi connectivity index (χ3v) is 7.45. The predicted molar refractivity (Wildman–Crippen MR) is 139 cm³/mol. The van der Waals surface area contributed by atoms with Crippen LogP contribution in [0.25, 0.3) is 0 Å². The van der Waals surface area contributed by atoms with E-state index in [2.05, 4.69) is 4.72 Å². The fraction of sp³-hybridized carbons (Fsp3) is 0.192. The van der Waals surface area contributed by atoms with Crippen LogP contribution in [-0.4, -0.2) is 32.6 Å². The van der Waals surface area contributed by atoms with E-state index in [0.29, 0.717) is 30.6 Å². The molecule has 1 aliphatic rings. The van der Waals surface area contributed by atoms with E-state index >= 15 is 0 Å². The van der Waals surface area contributed by atoms with Crippen LogP contribution in [-0.2, 0) is 27.7 Å². The summed E-state index contributed by atoms with van der Waals surface area (Å²) in [7, 11) is -3.93. The standard InChI is InChI=1S/C26H27N5O4S/c27-25(28)18-9-6-17(7-10-18)8-13-24(32)31-14-2-4-19-15-21(11-12-23(19)31)30-36(34,35)22-5-1-3-20(16-22)26(29)33/h1,3,5-7,9-12,15-16,30H,2,4,8,13-14H2,(H3,27,28)(H2,29,33). The molecule has 3 aromatic rings. The first-order valence-corrected chi connectivity index (χ1v) is 12.9. The molecular weight excluding hydrogens is 478 g/mol. The molecule has 0 aliphatic carbocycles. The highest BCUT2D eigenvalue weighted by Crippen LogP contribution is 2.31. The average Bonchev–Trinajstić information content (AvgIpc) is 2.86. The molecule has 0 bridgehead atoms. The second-order valence-electron chi connectivity index (χ2n) is 8.60. The number of anilines is 2. The zero-order valence-electron chi connectivity index (χ0n) is 19.5. The number of carbonyl (C=O) groups is 2. The highest BCUT2D eigenvalue weighted by atomic mass is 32.2. The third kappa shape index (κ3) is 5.55. The molecule has 3 aromatic carbocycles. The lowest BCUT2D eigenvalue weighted by Gasteiger charge is -2.30. The molecule has 0 saturated heterocycles. The third-order valence-electron chi connectivity index (χ3n) is 6.07. The van der Waals surface area contributed by atoms with Gasteiger partial charge in [0.25, 0.3) is 10.0 Å². The van der Waals surface area contributed by atoms with Gasteiger partial charge >= 0.3 is 0 Å². The first-order valence-electron chi connectivity index (χ1n) is 11.4. The van der Waals surface area contributed by atoms with Gasteiger partial charge in [0.15, 0.2) is 0 Å². The summed E-state index contributed by atoms with van der Waals surface area (Å²) >= 11 is 0. The van der Waals surface area contributed by atoms with Gasteiger partial charge in [-0.3, -0.25) is 19.7 Å². The molecule has 1 aliphatic heterocycles. The molecule has 4 rings (SSSR count). The summed E-state index contributed by atoms with van der Waals surface area (Å²) in [6.45, 7) is 0.597. The molecule has 1 heterocycles. The molecule has 9 nitrogen and oxygen atoms in total. The maximum atomic E-state index is 13.0. The van der Waals surface area contributed by atoms with E-state index < -0.39 is 15.9 Å². The fourth-order valence-corrected chi connectivity index (χ4v) is 5.28. The van der Waals surface area contributed by atoms with Crippen LogP contribution in [0.5, 0.6) is 0 Å². The average molecular weight is 506 g/mol. The number of fused-ring (bicyclic) bond motifs is 1. The van der Waals surface area contributed by atoms with Gasteiger partial charge in [0.1, 0.15) is 5.84 Å². The number of amides is 2. The van der Waals surface area contributed by atoms with Crippen LogP contribution in [0.4, 0.5) is 11.4 Å². The van der Waals surface area contributed by atoms with Crippen molar-refractivity contribution < 1.29 is 18.0 Å². The van der Waals surface area contributed by atoms with E-state index in [1.807, 2.05) is 12.1 Å². The number of aryl methyl sites for hydroxylation is 2. The summed E-state index contributed by atoms with van der Waals surface area (Å²) in [5, 5.41) is 7.47. The van der Waals surface area contributed by atoms with Crippen LogP contribution in [0, 0.1) is 5.41 Å². The lowest BCUT2D eigenvalue weighted by Crippen LogP contribution is -2.35. The minimum absolute atomic E-state index is 0.00314. The zero-order valence-corrected chi connectivity index (χ0v) is 20.3. The van der Waals surface area contributed by atoms with Crippen molar-refractivity contribution in [3.8, 4) is 0 Å². The lowest BCUT2D eigenvalue weighted by molar-refractivity contribution is -0.118. The number of carbonyl (C=O) groups excluding carboxylic acids is 2. The first kappa shape index (κ1) is 24.9. The summed E-state index contributed by atoms with van der Waals surface area (Å²) in [5.41, 5.74) is 14.5. The molecule has 0 atom stereocenters. The Labute approximate surface area is 209 Å². The summed E-state index contributed by atoms with van der Waals surface area (Å²) in [5.74, 6) is -0.717. The number of rotatable bonds is 8. The number of nitrogen functional groups attached to an aromatic ring is 1. The van der Waals surface area contributed by atoms with E-state index in [1.54, 1.807) is 35.2 Å². The highest BCUT2D eigenvalue weighted by molar-refractivity contribution is 7.92. The van der Waals surface area contributed by atoms with Crippen LogP contribution in [0.2, 0.25) is 0 Å². The Bertz CT molecular complexity index is 1430. The maximum absolute atomic E-state index is 13.0. The number of hydrogen-bond acceptors (Lipinski definition) is 5. The summed E-state index contributed by atoms with van der Waals surface area (Å²) in [6, 6.07) is 17.9. The Kier molecular flexibility index (Phi) is 7.07. The number of amidine groups is 1. The van der Waals surface area contributed by atoms with Gasteiger partial charge < -0.3 is 16.4 Å². The smallest absolute Gasteiger partial charge is 0.261 e. The SMILES string of the molecule is N=C(N)c1ccc(CCC(=O)N2CCCc3cc(NS(=O)(=O)c4cccc(C(N)=O)c4)ccc32)cc1. The number of hydrogen-bond donors (Lipinski definition) is 4. The van der Waals surface area contributed by atoms with Crippen LogP contribution in [0.1, 0.15) is 39.9 Å². The molecule has 2 amide bonds. The molecule has 0 saturated carbocycles. The number of nitrogens with zero attached hydrogens (tertiary/aromatic N) is 1.